The fourth-order valence-corrected chi connectivity index (χ4v) is 1.08. The third kappa shape index (κ3) is 1.45. The minimum atomic E-state index is 1.05. The third-order valence-electron chi connectivity index (χ3n) is 1.08. The van der Waals surface area contributed by atoms with Gasteiger partial charge in [0.2, 0.25) is 0 Å². The van der Waals surface area contributed by atoms with Gasteiger partial charge in [-0.2, -0.15) is 0 Å². The van der Waals surface area contributed by atoms with Crippen molar-refractivity contribution < 1.29 is 0 Å². The summed E-state index contributed by atoms with van der Waals surface area (Å²) in [5.41, 5.74) is 1.09. The van der Waals surface area contributed by atoms with Crippen molar-refractivity contribution in [2.45, 2.75) is 0 Å². The van der Waals surface area contributed by atoms with Crippen LogP contribution in [-0.4, -0.2) is 7.05 Å². The molecular weight excluding hydrogens is 178 g/mol. The van der Waals surface area contributed by atoms with Crippen molar-refractivity contribution in [2.24, 2.45) is 0 Å². The second-order valence-electron chi connectivity index (χ2n) is 1.66. The van der Waals surface area contributed by atoms with Gasteiger partial charge in [0.05, 0.1) is 0 Å². The minimum absolute atomic E-state index is 1.05. The highest BCUT2D eigenvalue weighted by Crippen LogP contribution is 2.19. The van der Waals surface area contributed by atoms with Crippen molar-refractivity contribution >= 4 is 21.6 Å². The molecule has 0 aromatic heterocycles. The highest BCUT2D eigenvalue weighted by molar-refractivity contribution is 9.10. The van der Waals surface area contributed by atoms with E-state index < -0.39 is 0 Å². The molecule has 0 saturated carbocycles. The number of nitrogens with one attached hydrogen (secondary N) is 1. The Bertz CT molecular complexity index is 198. The molecule has 1 radical (unpaired) electrons. The molecule has 2 heteroatoms. The van der Waals surface area contributed by atoms with Crippen LogP contribution in [0.5, 0.6) is 0 Å². The molecule has 0 spiro atoms. The fraction of sp³-hybridized carbons (Fsp3) is 0.143. The Hall–Kier alpha value is -0.500. The highest BCUT2D eigenvalue weighted by atomic mass is 79.9. The van der Waals surface area contributed by atoms with Crippen molar-refractivity contribution in [3.8, 4) is 0 Å². The Morgan fingerprint density at radius 3 is 2.89 bits per heavy atom. The number of halogens is 1. The average Bonchev–Trinajstić information content (AvgIpc) is 1.89. The van der Waals surface area contributed by atoms with Crippen molar-refractivity contribution in [3.05, 3.63) is 28.7 Å². The van der Waals surface area contributed by atoms with Crippen LogP contribution in [0.2, 0.25) is 0 Å². The van der Waals surface area contributed by atoms with Crippen molar-refractivity contribution in [1.29, 1.82) is 0 Å². The smallest absolute Gasteiger partial charge is 0.0482 e. The lowest BCUT2D eigenvalue weighted by Gasteiger charge is -1.99. The van der Waals surface area contributed by atoms with Crippen LogP contribution >= 0.6 is 15.9 Å². The van der Waals surface area contributed by atoms with Gasteiger partial charge >= 0.3 is 0 Å². The Labute approximate surface area is 63.2 Å². The van der Waals surface area contributed by atoms with E-state index in [0.29, 0.717) is 0 Å². The van der Waals surface area contributed by atoms with Crippen LogP contribution in [0.4, 0.5) is 5.69 Å². The molecule has 0 aliphatic carbocycles. The van der Waals surface area contributed by atoms with Gasteiger partial charge in [-0.3, -0.25) is 0 Å². The Balaban J connectivity index is 3.01. The number of rotatable bonds is 1. The predicted molar refractivity (Wildman–Crippen MR) is 42.5 cm³/mol. The molecular formula is C7H7BrN. The van der Waals surface area contributed by atoms with Crippen LogP contribution in [0.1, 0.15) is 0 Å². The lowest BCUT2D eigenvalue weighted by molar-refractivity contribution is 1.48. The van der Waals surface area contributed by atoms with Gasteiger partial charge < -0.3 is 5.32 Å². The first-order chi connectivity index (χ1) is 4.34. The van der Waals surface area contributed by atoms with Crippen molar-refractivity contribution in [3.63, 3.8) is 0 Å². The van der Waals surface area contributed by atoms with E-state index >= 15 is 0 Å². The molecule has 0 saturated heterocycles. The van der Waals surface area contributed by atoms with E-state index in [9.17, 15) is 0 Å². The SMILES string of the molecule is CNc1cc[c]cc1Br. The monoisotopic (exact) mass is 184 g/mol. The summed E-state index contributed by atoms with van der Waals surface area (Å²) >= 11 is 3.36. The molecule has 1 rings (SSSR count). The van der Waals surface area contributed by atoms with E-state index in [-0.39, 0.29) is 0 Å². The van der Waals surface area contributed by atoms with Crippen molar-refractivity contribution in [2.75, 3.05) is 12.4 Å². The number of hydrogen-bond acceptors (Lipinski definition) is 1. The maximum atomic E-state index is 3.36. The Morgan fingerprint density at radius 1 is 1.67 bits per heavy atom. The summed E-state index contributed by atoms with van der Waals surface area (Å²) in [5.74, 6) is 0. The van der Waals surface area contributed by atoms with E-state index in [2.05, 4.69) is 27.3 Å². The van der Waals surface area contributed by atoms with Gasteiger partial charge in [-0.15, -0.1) is 0 Å². The Morgan fingerprint density at radius 2 is 2.44 bits per heavy atom. The molecule has 1 aromatic carbocycles. The largest absolute Gasteiger partial charge is 0.387 e. The van der Waals surface area contributed by atoms with Crippen LogP contribution in [-0.2, 0) is 0 Å². The third-order valence-corrected chi connectivity index (χ3v) is 1.74. The second-order valence-corrected chi connectivity index (χ2v) is 2.51. The molecule has 1 nitrogen and oxygen atoms in total. The van der Waals surface area contributed by atoms with Crippen LogP contribution in [0, 0.1) is 6.07 Å². The van der Waals surface area contributed by atoms with Gasteiger partial charge in [-0.25, -0.2) is 0 Å². The topological polar surface area (TPSA) is 12.0 Å². The first-order valence-electron chi connectivity index (χ1n) is 2.68. The van der Waals surface area contributed by atoms with Crippen molar-refractivity contribution in [1.82, 2.24) is 0 Å². The first-order valence-corrected chi connectivity index (χ1v) is 3.47. The van der Waals surface area contributed by atoms with E-state index in [1.165, 1.54) is 0 Å². The van der Waals surface area contributed by atoms with Crippen LogP contribution in [0.25, 0.3) is 0 Å². The quantitative estimate of drug-likeness (QED) is 0.707. The maximum Gasteiger partial charge on any atom is 0.0482 e. The molecule has 0 amide bonds. The molecule has 0 heterocycles. The highest BCUT2D eigenvalue weighted by Gasteiger charge is 1.90. The second kappa shape index (κ2) is 2.87. The molecule has 0 bridgehead atoms. The van der Waals surface area contributed by atoms with E-state index in [4.69, 9.17) is 0 Å². The maximum absolute atomic E-state index is 3.36. The molecule has 0 aliphatic heterocycles. The number of benzene rings is 1. The summed E-state index contributed by atoms with van der Waals surface area (Å²) in [4.78, 5) is 0. The van der Waals surface area contributed by atoms with Gasteiger partial charge in [0, 0.05) is 17.2 Å². The van der Waals surface area contributed by atoms with Gasteiger partial charge in [0.15, 0.2) is 0 Å². The summed E-state index contributed by atoms with van der Waals surface area (Å²) in [5, 5.41) is 3.03. The number of anilines is 1. The lowest BCUT2D eigenvalue weighted by atomic mass is 10.3. The standard InChI is InChI=1S/C7H7BrN/c1-9-7-5-3-2-4-6(7)8/h3-5,9H,1H3. The van der Waals surface area contributed by atoms with E-state index in [1.807, 2.05) is 25.2 Å². The molecule has 0 unspecified atom stereocenters. The van der Waals surface area contributed by atoms with Gasteiger partial charge in [-0.1, -0.05) is 6.07 Å². The normalized spacial score (nSPS) is 9.11. The van der Waals surface area contributed by atoms with Gasteiger partial charge in [0.1, 0.15) is 0 Å². The van der Waals surface area contributed by atoms with Crippen LogP contribution in [0.15, 0.2) is 22.7 Å². The van der Waals surface area contributed by atoms with Crippen LogP contribution < -0.4 is 5.32 Å². The predicted octanol–water partition coefficient (Wildman–Crippen LogP) is 2.29. The molecule has 0 aliphatic rings. The zero-order chi connectivity index (χ0) is 6.69. The molecule has 1 N–H and O–H groups in total. The van der Waals surface area contributed by atoms with Gasteiger partial charge in [0.25, 0.3) is 0 Å². The summed E-state index contributed by atoms with van der Waals surface area (Å²) in [7, 11) is 1.89. The summed E-state index contributed by atoms with van der Waals surface area (Å²) in [6, 6.07) is 8.66. The summed E-state index contributed by atoms with van der Waals surface area (Å²) in [6.45, 7) is 0. The summed E-state index contributed by atoms with van der Waals surface area (Å²) < 4.78 is 1.05. The lowest BCUT2D eigenvalue weighted by Crippen LogP contribution is -1.87. The first kappa shape index (κ1) is 6.62. The van der Waals surface area contributed by atoms with Gasteiger partial charge in [-0.05, 0) is 34.1 Å². The van der Waals surface area contributed by atoms with E-state index in [0.717, 1.165) is 10.2 Å². The molecule has 1 aromatic rings. The number of hydrogen-bond donors (Lipinski definition) is 1. The van der Waals surface area contributed by atoms with E-state index in [1.54, 1.807) is 0 Å². The molecule has 47 valence electrons. The zero-order valence-electron chi connectivity index (χ0n) is 5.11. The average molecular weight is 185 g/mol. The fourth-order valence-electron chi connectivity index (χ4n) is 0.613. The molecule has 9 heavy (non-hydrogen) atoms. The summed E-state index contributed by atoms with van der Waals surface area (Å²) in [6.07, 6.45) is 0. The minimum Gasteiger partial charge on any atom is -0.387 e. The van der Waals surface area contributed by atoms with Crippen LogP contribution in [0.3, 0.4) is 0 Å². The zero-order valence-corrected chi connectivity index (χ0v) is 6.70. The Kier molecular flexibility index (Phi) is 2.11. The molecule has 0 fully saturated rings. The molecule has 0 atom stereocenters.